The summed E-state index contributed by atoms with van der Waals surface area (Å²) in [7, 11) is 0. The van der Waals surface area contributed by atoms with Crippen molar-refractivity contribution in [1.82, 2.24) is 14.9 Å². The molecule has 2 heterocycles. The van der Waals surface area contributed by atoms with Gasteiger partial charge in [-0.15, -0.1) is 0 Å². The molecule has 0 saturated carbocycles. The fourth-order valence-electron chi connectivity index (χ4n) is 3.07. The first kappa shape index (κ1) is 16.7. The summed E-state index contributed by atoms with van der Waals surface area (Å²) in [4.78, 5) is 11.1. The Kier molecular flexibility index (Phi) is 6.01. The van der Waals surface area contributed by atoms with Crippen LogP contribution in [0.4, 0.5) is 11.6 Å². The zero-order valence-electron chi connectivity index (χ0n) is 14.4. The van der Waals surface area contributed by atoms with Crippen LogP contribution in [0.15, 0.2) is 42.7 Å². The third kappa shape index (κ3) is 4.93. The van der Waals surface area contributed by atoms with Crippen LogP contribution in [0.3, 0.4) is 0 Å². The van der Waals surface area contributed by atoms with Gasteiger partial charge in [-0.05, 0) is 24.8 Å². The summed E-state index contributed by atoms with van der Waals surface area (Å²) in [6.45, 7) is 6.38. The Bertz CT molecular complexity index is 608. The van der Waals surface area contributed by atoms with Crippen LogP contribution < -0.4 is 10.6 Å². The molecule has 0 aliphatic carbocycles. The molecule has 0 bridgehead atoms. The zero-order valence-corrected chi connectivity index (χ0v) is 14.4. The van der Waals surface area contributed by atoms with Crippen molar-refractivity contribution in [3.8, 4) is 0 Å². The van der Waals surface area contributed by atoms with E-state index in [1.165, 1.54) is 5.56 Å². The third-order valence-electron chi connectivity index (χ3n) is 4.41. The van der Waals surface area contributed by atoms with Gasteiger partial charge in [0.05, 0.1) is 0 Å². The number of likely N-dealkylation sites (tertiary alicyclic amines) is 1. The number of hydrogen-bond donors (Lipinski definition) is 2. The standard InChI is InChI=1S/C19H27N5/c1-2-10-20-18-13-19(22-15-21-18)23-17-8-11-24(12-9-17)14-16-6-4-3-5-7-16/h3-7,13,15,17H,2,8-12,14H2,1H3,(H2,20,21,22,23). The van der Waals surface area contributed by atoms with E-state index in [-0.39, 0.29) is 0 Å². The molecule has 1 aliphatic rings. The highest BCUT2D eigenvalue weighted by molar-refractivity contribution is 5.46. The van der Waals surface area contributed by atoms with E-state index in [0.717, 1.165) is 57.1 Å². The summed E-state index contributed by atoms with van der Waals surface area (Å²) >= 11 is 0. The Morgan fingerprint density at radius 3 is 2.58 bits per heavy atom. The fraction of sp³-hybridized carbons (Fsp3) is 0.474. The molecule has 1 saturated heterocycles. The molecular formula is C19H27N5. The normalized spacial score (nSPS) is 16.0. The van der Waals surface area contributed by atoms with E-state index in [1.807, 2.05) is 6.07 Å². The molecule has 2 aromatic rings. The Balaban J connectivity index is 1.47. The molecule has 0 amide bonds. The first-order valence-electron chi connectivity index (χ1n) is 8.92. The Labute approximate surface area is 144 Å². The molecule has 3 rings (SSSR count). The predicted molar refractivity (Wildman–Crippen MR) is 99.2 cm³/mol. The van der Waals surface area contributed by atoms with Gasteiger partial charge in [-0.3, -0.25) is 4.90 Å². The summed E-state index contributed by atoms with van der Waals surface area (Å²) in [6.07, 6.45) is 5.01. The van der Waals surface area contributed by atoms with Crippen LogP contribution in [0.1, 0.15) is 31.7 Å². The van der Waals surface area contributed by atoms with Gasteiger partial charge >= 0.3 is 0 Å². The number of hydrogen-bond acceptors (Lipinski definition) is 5. The largest absolute Gasteiger partial charge is 0.370 e. The van der Waals surface area contributed by atoms with Gasteiger partial charge in [0.15, 0.2) is 0 Å². The summed E-state index contributed by atoms with van der Waals surface area (Å²) < 4.78 is 0. The molecular weight excluding hydrogens is 298 g/mol. The molecule has 1 aliphatic heterocycles. The average Bonchev–Trinajstić information content (AvgIpc) is 2.63. The topological polar surface area (TPSA) is 53.1 Å². The van der Waals surface area contributed by atoms with Gasteiger partial charge < -0.3 is 10.6 Å². The maximum Gasteiger partial charge on any atom is 0.131 e. The molecule has 24 heavy (non-hydrogen) atoms. The van der Waals surface area contributed by atoms with Gasteiger partial charge in [0, 0.05) is 38.3 Å². The molecule has 0 atom stereocenters. The van der Waals surface area contributed by atoms with Crippen LogP contribution in [0.25, 0.3) is 0 Å². The first-order valence-corrected chi connectivity index (χ1v) is 8.92. The van der Waals surface area contributed by atoms with Crippen molar-refractivity contribution in [3.05, 3.63) is 48.3 Å². The zero-order chi connectivity index (χ0) is 16.6. The van der Waals surface area contributed by atoms with E-state index in [9.17, 15) is 0 Å². The van der Waals surface area contributed by atoms with Gasteiger partial charge in [0.1, 0.15) is 18.0 Å². The average molecular weight is 325 g/mol. The molecule has 0 radical (unpaired) electrons. The monoisotopic (exact) mass is 325 g/mol. The summed E-state index contributed by atoms with van der Waals surface area (Å²) in [6, 6.07) is 13.2. The van der Waals surface area contributed by atoms with Crippen molar-refractivity contribution in [1.29, 1.82) is 0 Å². The van der Waals surface area contributed by atoms with Gasteiger partial charge in [-0.25, -0.2) is 9.97 Å². The molecule has 0 unspecified atom stereocenters. The van der Waals surface area contributed by atoms with Crippen LogP contribution in [-0.4, -0.2) is 40.5 Å². The van der Waals surface area contributed by atoms with Crippen molar-refractivity contribution in [2.75, 3.05) is 30.3 Å². The molecule has 128 valence electrons. The van der Waals surface area contributed by atoms with Gasteiger partial charge in [0.25, 0.3) is 0 Å². The Morgan fingerprint density at radius 2 is 1.83 bits per heavy atom. The van der Waals surface area contributed by atoms with Crippen LogP contribution >= 0.6 is 0 Å². The van der Waals surface area contributed by atoms with Crippen LogP contribution in [0.5, 0.6) is 0 Å². The van der Waals surface area contributed by atoms with Gasteiger partial charge in [-0.1, -0.05) is 37.3 Å². The molecule has 1 aromatic carbocycles. The molecule has 5 heteroatoms. The third-order valence-corrected chi connectivity index (χ3v) is 4.41. The molecule has 1 fully saturated rings. The number of benzene rings is 1. The lowest BCUT2D eigenvalue weighted by Crippen LogP contribution is -2.38. The molecule has 0 spiro atoms. The second-order valence-corrected chi connectivity index (χ2v) is 6.40. The van der Waals surface area contributed by atoms with Crippen LogP contribution in [0.2, 0.25) is 0 Å². The number of anilines is 2. The van der Waals surface area contributed by atoms with Crippen molar-refractivity contribution in [2.45, 2.75) is 38.8 Å². The van der Waals surface area contributed by atoms with E-state index in [0.29, 0.717) is 6.04 Å². The van der Waals surface area contributed by atoms with Gasteiger partial charge in [0.2, 0.25) is 0 Å². The lowest BCUT2D eigenvalue weighted by molar-refractivity contribution is 0.211. The molecule has 2 N–H and O–H groups in total. The highest BCUT2D eigenvalue weighted by Gasteiger charge is 2.19. The van der Waals surface area contributed by atoms with E-state index in [1.54, 1.807) is 6.33 Å². The van der Waals surface area contributed by atoms with E-state index < -0.39 is 0 Å². The van der Waals surface area contributed by atoms with Crippen molar-refractivity contribution < 1.29 is 0 Å². The second-order valence-electron chi connectivity index (χ2n) is 6.40. The van der Waals surface area contributed by atoms with Gasteiger partial charge in [-0.2, -0.15) is 0 Å². The van der Waals surface area contributed by atoms with Crippen molar-refractivity contribution >= 4 is 11.6 Å². The van der Waals surface area contributed by atoms with E-state index >= 15 is 0 Å². The number of aromatic nitrogens is 2. The Morgan fingerprint density at radius 1 is 1.08 bits per heavy atom. The fourth-order valence-corrected chi connectivity index (χ4v) is 3.07. The quantitative estimate of drug-likeness (QED) is 0.817. The minimum absolute atomic E-state index is 0.492. The number of nitrogens with zero attached hydrogens (tertiary/aromatic N) is 3. The highest BCUT2D eigenvalue weighted by atomic mass is 15.2. The number of rotatable bonds is 7. The van der Waals surface area contributed by atoms with Crippen LogP contribution in [-0.2, 0) is 6.54 Å². The van der Waals surface area contributed by atoms with E-state index in [4.69, 9.17) is 0 Å². The highest BCUT2D eigenvalue weighted by Crippen LogP contribution is 2.18. The number of piperidine rings is 1. The summed E-state index contributed by atoms with van der Waals surface area (Å²) in [5.41, 5.74) is 1.39. The summed E-state index contributed by atoms with van der Waals surface area (Å²) in [5, 5.41) is 6.87. The van der Waals surface area contributed by atoms with Crippen molar-refractivity contribution in [2.24, 2.45) is 0 Å². The maximum absolute atomic E-state index is 4.35. The maximum atomic E-state index is 4.35. The lowest BCUT2D eigenvalue weighted by Gasteiger charge is -2.32. The van der Waals surface area contributed by atoms with Crippen LogP contribution in [0, 0.1) is 0 Å². The van der Waals surface area contributed by atoms with E-state index in [2.05, 4.69) is 62.8 Å². The smallest absolute Gasteiger partial charge is 0.131 e. The molecule has 1 aromatic heterocycles. The molecule has 5 nitrogen and oxygen atoms in total. The lowest BCUT2D eigenvalue weighted by atomic mass is 10.0. The first-order chi connectivity index (χ1) is 11.8. The Hall–Kier alpha value is -2.14. The minimum Gasteiger partial charge on any atom is -0.370 e. The minimum atomic E-state index is 0.492. The SMILES string of the molecule is CCCNc1cc(NC2CCN(Cc3ccccc3)CC2)ncn1. The summed E-state index contributed by atoms with van der Waals surface area (Å²) in [5.74, 6) is 1.82. The number of nitrogens with one attached hydrogen (secondary N) is 2. The van der Waals surface area contributed by atoms with Crippen molar-refractivity contribution in [3.63, 3.8) is 0 Å². The predicted octanol–water partition coefficient (Wildman–Crippen LogP) is 3.38. The second kappa shape index (κ2) is 8.64.